The third-order valence-electron chi connectivity index (χ3n) is 1.93. The maximum absolute atomic E-state index is 5.52. The van der Waals surface area contributed by atoms with E-state index in [0.717, 1.165) is 6.54 Å². The molecular formula is C10H10IN3. The minimum absolute atomic E-state index is 0.565. The maximum Gasteiger partial charge on any atom is 0.141 e. The summed E-state index contributed by atoms with van der Waals surface area (Å²) in [5.41, 5.74) is 6.78. The molecule has 0 aliphatic rings. The van der Waals surface area contributed by atoms with E-state index < -0.39 is 0 Å². The zero-order valence-corrected chi connectivity index (χ0v) is 9.68. The Morgan fingerprint density at radius 2 is 2.00 bits per heavy atom. The molecule has 0 saturated heterocycles. The van der Waals surface area contributed by atoms with E-state index in [0.29, 0.717) is 5.82 Å². The van der Waals surface area contributed by atoms with Gasteiger partial charge in [0.25, 0.3) is 0 Å². The molecular weight excluding hydrogens is 289 g/mol. The molecule has 0 saturated carbocycles. The van der Waals surface area contributed by atoms with Crippen molar-refractivity contribution in [1.29, 1.82) is 0 Å². The van der Waals surface area contributed by atoms with Gasteiger partial charge in [-0.3, -0.25) is 0 Å². The van der Waals surface area contributed by atoms with Crippen molar-refractivity contribution < 1.29 is 0 Å². The quantitative estimate of drug-likeness (QED) is 0.863. The average molecular weight is 299 g/mol. The van der Waals surface area contributed by atoms with E-state index in [4.69, 9.17) is 5.73 Å². The Labute approximate surface area is 96.1 Å². The van der Waals surface area contributed by atoms with Crippen molar-refractivity contribution in [1.82, 2.24) is 9.55 Å². The summed E-state index contributed by atoms with van der Waals surface area (Å²) in [5.74, 6) is 0.565. The zero-order valence-electron chi connectivity index (χ0n) is 7.52. The predicted octanol–water partition coefficient (Wildman–Crippen LogP) is 2.12. The molecule has 1 aromatic heterocycles. The molecule has 0 unspecified atom stereocenters. The van der Waals surface area contributed by atoms with Gasteiger partial charge in [0.1, 0.15) is 5.82 Å². The average Bonchev–Trinajstić information content (AvgIpc) is 2.56. The number of anilines is 1. The van der Waals surface area contributed by atoms with E-state index in [2.05, 4.69) is 51.8 Å². The highest BCUT2D eigenvalue weighted by atomic mass is 127. The first-order valence-corrected chi connectivity index (χ1v) is 5.33. The van der Waals surface area contributed by atoms with E-state index in [9.17, 15) is 0 Å². The van der Waals surface area contributed by atoms with Crippen molar-refractivity contribution in [3.8, 4) is 0 Å². The van der Waals surface area contributed by atoms with E-state index in [-0.39, 0.29) is 0 Å². The first kappa shape index (κ1) is 9.51. The summed E-state index contributed by atoms with van der Waals surface area (Å²) >= 11 is 2.29. The molecule has 0 radical (unpaired) electrons. The Morgan fingerprint density at radius 3 is 2.57 bits per heavy atom. The predicted molar refractivity (Wildman–Crippen MR) is 64.9 cm³/mol. The van der Waals surface area contributed by atoms with Gasteiger partial charge in [0, 0.05) is 16.3 Å². The summed E-state index contributed by atoms with van der Waals surface area (Å²) in [7, 11) is 0. The fourth-order valence-electron chi connectivity index (χ4n) is 1.26. The van der Waals surface area contributed by atoms with Gasteiger partial charge in [-0.2, -0.15) is 0 Å². The summed E-state index contributed by atoms with van der Waals surface area (Å²) in [6.45, 7) is 0.821. The third kappa shape index (κ3) is 2.25. The van der Waals surface area contributed by atoms with Crippen molar-refractivity contribution in [2.24, 2.45) is 0 Å². The molecule has 2 N–H and O–H groups in total. The number of hydrogen-bond acceptors (Lipinski definition) is 2. The standard InChI is InChI=1S/C10H10IN3/c11-9-3-1-8(2-4-9)5-14-6-10(12)13-7-14/h1-4,6-7H,5,12H2. The van der Waals surface area contributed by atoms with E-state index in [1.54, 1.807) is 6.33 Å². The van der Waals surface area contributed by atoms with Crippen LogP contribution < -0.4 is 5.73 Å². The first-order chi connectivity index (χ1) is 6.74. The third-order valence-corrected chi connectivity index (χ3v) is 2.65. The second-order valence-corrected chi connectivity index (χ2v) is 4.34. The van der Waals surface area contributed by atoms with E-state index in [1.807, 2.05) is 10.8 Å². The smallest absolute Gasteiger partial charge is 0.141 e. The monoisotopic (exact) mass is 299 g/mol. The number of halogens is 1. The summed E-state index contributed by atoms with van der Waals surface area (Å²) in [6, 6.07) is 8.41. The van der Waals surface area contributed by atoms with Gasteiger partial charge in [0.05, 0.1) is 6.33 Å². The van der Waals surface area contributed by atoms with Gasteiger partial charge in [-0.05, 0) is 40.3 Å². The highest BCUT2D eigenvalue weighted by Crippen LogP contribution is 2.08. The Hall–Kier alpha value is -1.04. The molecule has 3 nitrogen and oxygen atoms in total. The number of benzene rings is 1. The van der Waals surface area contributed by atoms with Gasteiger partial charge < -0.3 is 10.3 Å². The van der Waals surface area contributed by atoms with Crippen LogP contribution in [0.15, 0.2) is 36.8 Å². The minimum Gasteiger partial charge on any atom is -0.382 e. The SMILES string of the molecule is Nc1cn(Cc2ccc(I)cc2)cn1. The lowest BCUT2D eigenvalue weighted by Crippen LogP contribution is -1.96. The Kier molecular flexibility index (Phi) is 2.72. The molecule has 0 aliphatic heterocycles. The van der Waals surface area contributed by atoms with Gasteiger partial charge in [0.2, 0.25) is 0 Å². The molecule has 0 amide bonds. The van der Waals surface area contributed by atoms with Crippen LogP contribution in [0.5, 0.6) is 0 Å². The molecule has 4 heteroatoms. The topological polar surface area (TPSA) is 43.8 Å². The van der Waals surface area contributed by atoms with Crippen molar-refractivity contribution in [2.45, 2.75) is 6.54 Å². The fraction of sp³-hybridized carbons (Fsp3) is 0.100. The minimum atomic E-state index is 0.565. The number of hydrogen-bond donors (Lipinski definition) is 1. The maximum atomic E-state index is 5.52. The van der Waals surface area contributed by atoms with Crippen molar-refractivity contribution >= 4 is 28.4 Å². The molecule has 14 heavy (non-hydrogen) atoms. The van der Waals surface area contributed by atoms with Gasteiger partial charge in [-0.15, -0.1) is 0 Å². The normalized spacial score (nSPS) is 10.4. The molecule has 72 valence electrons. The van der Waals surface area contributed by atoms with Crippen molar-refractivity contribution in [2.75, 3.05) is 5.73 Å². The van der Waals surface area contributed by atoms with Crippen molar-refractivity contribution in [3.05, 3.63) is 45.9 Å². The van der Waals surface area contributed by atoms with Crippen molar-refractivity contribution in [3.63, 3.8) is 0 Å². The van der Waals surface area contributed by atoms with Crippen LogP contribution in [0.25, 0.3) is 0 Å². The zero-order chi connectivity index (χ0) is 9.97. The molecule has 0 atom stereocenters. The number of nitrogen functional groups attached to an aromatic ring is 1. The number of nitrogens with zero attached hydrogens (tertiary/aromatic N) is 2. The molecule has 0 aliphatic carbocycles. The van der Waals surface area contributed by atoms with E-state index >= 15 is 0 Å². The highest BCUT2D eigenvalue weighted by molar-refractivity contribution is 14.1. The van der Waals surface area contributed by atoms with Crippen LogP contribution in [-0.2, 0) is 6.54 Å². The van der Waals surface area contributed by atoms with Crippen LogP contribution in [0.2, 0.25) is 0 Å². The summed E-state index contributed by atoms with van der Waals surface area (Å²) < 4.78 is 3.22. The number of aromatic nitrogens is 2. The van der Waals surface area contributed by atoms with Crippen LogP contribution in [0.4, 0.5) is 5.82 Å². The molecule has 2 rings (SSSR count). The van der Waals surface area contributed by atoms with Gasteiger partial charge in [-0.1, -0.05) is 12.1 Å². The van der Waals surface area contributed by atoms with Crippen LogP contribution in [0, 0.1) is 3.57 Å². The molecule has 2 aromatic rings. The summed E-state index contributed by atoms with van der Waals surface area (Å²) in [5, 5.41) is 0. The van der Waals surface area contributed by atoms with Gasteiger partial charge in [0.15, 0.2) is 0 Å². The second-order valence-electron chi connectivity index (χ2n) is 3.10. The number of nitrogens with two attached hydrogens (primary N) is 1. The van der Waals surface area contributed by atoms with Gasteiger partial charge >= 0.3 is 0 Å². The van der Waals surface area contributed by atoms with Crippen LogP contribution >= 0.6 is 22.6 Å². The largest absolute Gasteiger partial charge is 0.382 e. The van der Waals surface area contributed by atoms with Gasteiger partial charge in [-0.25, -0.2) is 4.98 Å². The number of rotatable bonds is 2. The lowest BCUT2D eigenvalue weighted by molar-refractivity contribution is 0.797. The van der Waals surface area contributed by atoms with Crippen LogP contribution in [0.1, 0.15) is 5.56 Å². The molecule has 0 bridgehead atoms. The summed E-state index contributed by atoms with van der Waals surface area (Å²) in [6.07, 6.45) is 3.57. The summed E-state index contributed by atoms with van der Waals surface area (Å²) in [4.78, 5) is 3.97. The Bertz CT molecular complexity index is 419. The Morgan fingerprint density at radius 1 is 1.29 bits per heavy atom. The highest BCUT2D eigenvalue weighted by Gasteiger charge is 1.96. The molecule has 0 fully saturated rings. The lowest BCUT2D eigenvalue weighted by atomic mass is 10.2. The Balaban J connectivity index is 2.15. The second kappa shape index (κ2) is 4.00. The molecule has 1 aromatic carbocycles. The van der Waals surface area contributed by atoms with Crippen LogP contribution in [-0.4, -0.2) is 9.55 Å². The van der Waals surface area contributed by atoms with E-state index in [1.165, 1.54) is 9.13 Å². The fourth-order valence-corrected chi connectivity index (χ4v) is 1.62. The molecule has 1 heterocycles. The first-order valence-electron chi connectivity index (χ1n) is 4.26. The van der Waals surface area contributed by atoms with Crippen LogP contribution in [0.3, 0.4) is 0 Å². The lowest BCUT2D eigenvalue weighted by Gasteiger charge is -2.01. The molecule has 0 spiro atoms. The number of imidazole rings is 1.